The van der Waals surface area contributed by atoms with E-state index in [1.165, 1.54) is 0 Å². The maximum atomic E-state index is 12.9. The van der Waals surface area contributed by atoms with Crippen molar-refractivity contribution in [3.63, 3.8) is 0 Å². The van der Waals surface area contributed by atoms with Gasteiger partial charge in [-0.15, -0.1) is 0 Å². The van der Waals surface area contributed by atoms with Crippen molar-refractivity contribution in [2.45, 2.75) is 37.5 Å². The summed E-state index contributed by atoms with van der Waals surface area (Å²) in [6, 6.07) is 22.7. The number of amides is 1. The van der Waals surface area contributed by atoms with Crippen LogP contribution in [0.2, 0.25) is 0 Å². The highest BCUT2D eigenvalue weighted by Crippen LogP contribution is 2.26. The predicted octanol–water partition coefficient (Wildman–Crippen LogP) is 5.15. The number of carbonyl (C=O) groups excluding carboxylic acids is 2. The number of sulfone groups is 1. The van der Waals surface area contributed by atoms with Gasteiger partial charge < -0.3 is 10.1 Å². The van der Waals surface area contributed by atoms with Gasteiger partial charge in [0.15, 0.2) is 9.84 Å². The van der Waals surface area contributed by atoms with E-state index in [2.05, 4.69) is 5.32 Å². The quantitative estimate of drug-likeness (QED) is 0.406. The molecule has 3 aromatic carbocycles. The molecule has 0 aliphatic carbocycles. The molecule has 3 rings (SSSR count). The van der Waals surface area contributed by atoms with Crippen molar-refractivity contribution in [1.82, 2.24) is 0 Å². The number of hydrogen-bond acceptors (Lipinski definition) is 5. The Morgan fingerprint density at radius 1 is 0.912 bits per heavy atom. The lowest BCUT2D eigenvalue weighted by atomic mass is 9.93. The van der Waals surface area contributed by atoms with Crippen LogP contribution in [-0.4, -0.2) is 32.7 Å². The Hall–Kier alpha value is -3.45. The molecule has 6 nitrogen and oxygen atoms in total. The van der Waals surface area contributed by atoms with E-state index >= 15 is 0 Å². The average Bonchev–Trinajstić information content (AvgIpc) is 2.83. The van der Waals surface area contributed by atoms with Crippen LogP contribution in [0.15, 0.2) is 83.8 Å². The Kier molecular flexibility index (Phi) is 8.60. The number of benzene rings is 3. The van der Waals surface area contributed by atoms with Gasteiger partial charge >= 0.3 is 5.97 Å². The molecule has 178 valence electrons. The highest BCUT2D eigenvalue weighted by Gasteiger charge is 2.21. The zero-order valence-corrected chi connectivity index (χ0v) is 20.2. The van der Waals surface area contributed by atoms with Gasteiger partial charge in [-0.05, 0) is 68.1 Å². The molecule has 0 saturated carbocycles. The number of ether oxygens (including phenoxy) is 1. The van der Waals surface area contributed by atoms with Crippen LogP contribution in [0, 0.1) is 6.92 Å². The van der Waals surface area contributed by atoms with Gasteiger partial charge in [0, 0.05) is 12.1 Å². The summed E-state index contributed by atoms with van der Waals surface area (Å²) >= 11 is 0. The monoisotopic (exact) mass is 479 g/mol. The van der Waals surface area contributed by atoms with E-state index in [0.29, 0.717) is 17.7 Å². The number of carbonyl (C=O) groups is 2. The number of esters is 1. The maximum absolute atomic E-state index is 12.9. The SMILES string of the molecule is CCOC(=O)c1ccc(NC(=O)CC(CCS(=O)(=O)c2ccc(C)cc2)c2ccccc2)cc1. The highest BCUT2D eigenvalue weighted by atomic mass is 32.2. The van der Waals surface area contributed by atoms with Gasteiger partial charge in [0.25, 0.3) is 0 Å². The third-order valence-electron chi connectivity index (χ3n) is 5.50. The molecule has 1 unspecified atom stereocenters. The van der Waals surface area contributed by atoms with Crippen molar-refractivity contribution < 1.29 is 22.7 Å². The van der Waals surface area contributed by atoms with Gasteiger partial charge in [-0.25, -0.2) is 13.2 Å². The minimum atomic E-state index is -3.47. The van der Waals surface area contributed by atoms with Crippen LogP contribution < -0.4 is 5.32 Å². The topological polar surface area (TPSA) is 89.5 Å². The zero-order chi connectivity index (χ0) is 24.6. The first-order valence-corrected chi connectivity index (χ1v) is 12.8. The van der Waals surface area contributed by atoms with Crippen LogP contribution in [0.3, 0.4) is 0 Å². The Bertz CT molecular complexity index is 1200. The molecule has 0 bridgehead atoms. The second-order valence-electron chi connectivity index (χ2n) is 8.08. The third kappa shape index (κ3) is 7.02. The molecule has 34 heavy (non-hydrogen) atoms. The molecule has 3 aromatic rings. The maximum Gasteiger partial charge on any atom is 0.338 e. The van der Waals surface area contributed by atoms with Gasteiger partial charge in [0.1, 0.15) is 0 Å². The first-order valence-electron chi connectivity index (χ1n) is 11.2. The molecule has 0 heterocycles. The molecular formula is C27H29NO5S. The summed E-state index contributed by atoms with van der Waals surface area (Å²) in [5, 5.41) is 2.83. The van der Waals surface area contributed by atoms with Crippen LogP contribution in [0.4, 0.5) is 5.69 Å². The third-order valence-corrected chi connectivity index (χ3v) is 7.26. The summed E-state index contributed by atoms with van der Waals surface area (Å²) in [4.78, 5) is 24.9. The number of rotatable bonds is 10. The molecular weight excluding hydrogens is 450 g/mol. The van der Waals surface area contributed by atoms with Crippen molar-refractivity contribution in [3.8, 4) is 0 Å². The first-order chi connectivity index (χ1) is 16.3. The molecule has 7 heteroatoms. The van der Waals surface area contributed by atoms with E-state index in [-0.39, 0.29) is 35.5 Å². The van der Waals surface area contributed by atoms with Crippen LogP contribution in [0.25, 0.3) is 0 Å². The molecule has 0 saturated heterocycles. The summed E-state index contributed by atoms with van der Waals surface area (Å²) in [5.74, 6) is -0.970. The molecule has 0 fully saturated rings. The van der Waals surface area contributed by atoms with Crippen molar-refractivity contribution in [3.05, 3.63) is 95.6 Å². The van der Waals surface area contributed by atoms with Crippen LogP contribution in [0.5, 0.6) is 0 Å². The zero-order valence-electron chi connectivity index (χ0n) is 19.4. The minimum absolute atomic E-state index is 0.0584. The number of aryl methyl sites for hydroxylation is 1. The largest absolute Gasteiger partial charge is 0.462 e. The van der Waals surface area contributed by atoms with E-state index in [0.717, 1.165) is 11.1 Å². The normalized spacial score (nSPS) is 12.1. The van der Waals surface area contributed by atoms with E-state index in [9.17, 15) is 18.0 Å². The predicted molar refractivity (Wildman–Crippen MR) is 133 cm³/mol. The average molecular weight is 480 g/mol. The fourth-order valence-electron chi connectivity index (χ4n) is 3.61. The van der Waals surface area contributed by atoms with Crippen LogP contribution >= 0.6 is 0 Å². The van der Waals surface area contributed by atoms with Gasteiger partial charge in [0.05, 0.1) is 22.8 Å². The van der Waals surface area contributed by atoms with Gasteiger partial charge in [-0.1, -0.05) is 48.0 Å². The molecule has 1 N–H and O–H groups in total. The molecule has 0 radical (unpaired) electrons. The van der Waals surface area contributed by atoms with E-state index in [1.807, 2.05) is 37.3 Å². The summed E-state index contributed by atoms with van der Waals surface area (Å²) in [7, 11) is -3.47. The van der Waals surface area contributed by atoms with E-state index in [4.69, 9.17) is 4.74 Å². The van der Waals surface area contributed by atoms with Crippen LogP contribution in [0.1, 0.15) is 47.2 Å². The molecule has 0 spiro atoms. The van der Waals surface area contributed by atoms with E-state index < -0.39 is 15.8 Å². The lowest BCUT2D eigenvalue weighted by Gasteiger charge is -2.18. The molecule has 1 atom stereocenters. The summed E-state index contributed by atoms with van der Waals surface area (Å²) in [5.41, 5.74) is 2.86. The van der Waals surface area contributed by atoms with Gasteiger partial charge in [-0.2, -0.15) is 0 Å². The number of anilines is 1. The van der Waals surface area contributed by atoms with Crippen molar-refractivity contribution >= 4 is 27.4 Å². The molecule has 0 aliphatic rings. The first kappa shape index (κ1) is 25.2. The molecule has 1 amide bonds. The fourth-order valence-corrected chi connectivity index (χ4v) is 4.99. The molecule has 0 aromatic heterocycles. The van der Waals surface area contributed by atoms with Gasteiger partial charge in [-0.3, -0.25) is 4.79 Å². The van der Waals surface area contributed by atoms with Crippen molar-refractivity contribution in [2.24, 2.45) is 0 Å². The lowest BCUT2D eigenvalue weighted by molar-refractivity contribution is -0.116. The Morgan fingerprint density at radius 3 is 2.18 bits per heavy atom. The van der Waals surface area contributed by atoms with Crippen LogP contribution in [-0.2, 0) is 19.4 Å². The number of hydrogen-bond donors (Lipinski definition) is 1. The Balaban J connectivity index is 1.68. The fraction of sp³-hybridized carbons (Fsp3) is 0.259. The standard InChI is InChI=1S/C27H29NO5S/c1-3-33-27(30)22-11-13-24(14-12-22)28-26(29)19-23(21-7-5-4-6-8-21)17-18-34(31,32)25-15-9-20(2)10-16-25/h4-16,23H,3,17-19H2,1-2H3,(H,28,29). The summed E-state index contributed by atoms with van der Waals surface area (Å²) in [6.45, 7) is 3.93. The van der Waals surface area contributed by atoms with Gasteiger partial charge in [0.2, 0.25) is 5.91 Å². The molecule has 0 aliphatic heterocycles. The van der Waals surface area contributed by atoms with Crippen molar-refractivity contribution in [1.29, 1.82) is 0 Å². The Morgan fingerprint density at radius 2 is 1.56 bits per heavy atom. The second-order valence-corrected chi connectivity index (χ2v) is 10.2. The minimum Gasteiger partial charge on any atom is -0.462 e. The lowest BCUT2D eigenvalue weighted by Crippen LogP contribution is -2.18. The second kappa shape index (κ2) is 11.6. The number of nitrogens with one attached hydrogen (secondary N) is 1. The summed E-state index contributed by atoms with van der Waals surface area (Å²) in [6.07, 6.45) is 0.447. The summed E-state index contributed by atoms with van der Waals surface area (Å²) < 4.78 is 30.7. The van der Waals surface area contributed by atoms with Crippen molar-refractivity contribution in [2.75, 3.05) is 17.7 Å². The smallest absolute Gasteiger partial charge is 0.338 e. The Labute approximate surface area is 200 Å². The van der Waals surface area contributed by atoms with E-state index in [1.54, 1.807) is 55.5 Å². The highest BCUT2D eigenvalue weighted by molar-refractivity contribution is 7.91.